The van der Waals surface area contributed by atoms with Gasteiger partial charge in [0.25, 0.3) is 5.91 Å². The SMILES string of the molecule is NC1(c2ccnc(C(=O)N3CCOCC3)c2)Oc2cnccc2C1Nc1ccc(F)c(Cl)c1. The van der Waals surface area contributed by atoms with E-state index >= 15 is 0 Å². The molecule has 170 valence electrons. The number of carbonyl (C=O) groups excluding carboxylic acids is 1. The molecule has 0 saturated carbocycles. The molecule has 2 aliphatic rings. The molecular formula is C23H21ClFN5O3. The van der Waals surface area contributed by atoms with Crippen LogP contribution < -0.4 is 15.8 Å². The minimum Gasteiger partial charge on any atom is -0.464 e. The van der Waals surface area contributed by atoms with Crippen molar-refractivity contribution in [3.8, 4) is 5.75 Å². The number of nitrogens with one attached hydrogen (secondary N) is 1. The lowest BCUT2D eigenvalue weighted by molar-refractivity contribution is 0.0298. The van der Waals surface area contributed by atoms with E-state index < -0.39 is 17.6 Å². The topological polar surface area (TPSA) is 103 Å². The second-order valence-electron chi connectivity index (χ2n) is 7.85. The molecule has 5 rings (SSSR count). The van der Waals surface area contributed by atoms with Crippen molar-refractivity contribution in [2.75, 3.05) is 31.6 Å². The quantitative estimate of drug-likeness (QED) is 0.605. The van der Waals surface area contributed by atoms with Gasteiger partial charge in [0.1, 0.15) is 23.3 Å². The van der Waals surface area contributed by atoms with Crippen molar-refractivity contribution < 1.29 is 18.7 Å². The maximum absolute atomic E-state index is 13.7. The highest BCUT2D eigenvalue weighted by Crippen LogP contribution is 2.47. The highest BCUT2D eigenvalue weighted by atomic mass is 35.5. The highest BCUT2D eigenvalue weighted by Gasteiger charge is 2.48. The summed E-state index contributed by atoms with van der Waals surface area (Å²) in [5, 5.41) is 3.29. The fourth-order valence-electron chi connectivity index (χ4n) is 4.07. The number of nitrogens with two attached hydrogens (primary N) is 1. The average molecular weight is 470 g/mol. The number of rotatable bonds is 4. The Balaban J connectivity index is 1.51. The summed E-state index contributed by atoms with van der Waals surface area (Å²) in [5.41, 5.74) is 7.60. The van der Waals surface area contributed by atoms with Gasteiger partial charge in [-0.1, -0.05) is 11.6 Å². The number of benzene rings is 1. The molecule has 3 N–H and O–H groups in total. The summed E-state index contributed by atoms with van der Waals surface area (Å²) < 4.78 is 25.2. The standard InChI is InChI=1S/C23H21ClFN5O3/c24-17-12-15(1-2-18(17)25)29-21-16-4-5-27-13-20(16)33-23(21,26)14-3-6-28-19(11-14)22(31)30-7-9-32-10-8-30/h1-6,11-13,21,29H,7-10,26H2. The van der Waals surface area contributed by atoms with E-state index in [1.807, 2.05) is 0 Å². The van der Waals surface area contributed by atoms with Gasteiger partial charge in [0.05, 0.1) is 24.4 Å². The van der Waals surface area contributed by atoms with Gasteiger partial charge in [-0.3, -0.25) is 20.5 Å². The predicted molar refractivity (Wildman–Crippen MR) is 119 cm³/mol. The van der Waals surface area contributed by atoms with Gasteiger partial charge in [-0.05, 0) is 36.4 Å². The van der Waals surface area contributed by atoms with E-state index in [0.717, 1.165) is 5.56 Å². The number of morpholine rings is 1. The zero-order chi connectivity index (χ0) is 23.0. The number of ether oxygens (including phenoxy) is 2. The lowest BCUT2D eigenvalue weighted by Crippen LogP contribution is -2.47. The fourth-order valence-corrected chi connectivity index (χ4v) is 4.25. The van der Waals surface area contributed by atoms with E-state index in [0.29, 0.717) is 43.3 Å². The van der Waals surface area contributed by atoms with E-state index in [2.05, 4.69) is 15.3 Å². The Kier molecular flexibility index (Phi) is 5.61. The molecule has 1 fully saturated rings. The van der Waals surface area contributed by atoms with Crippen LogP contribution in [0.4, 0.5) is 10.1 Å². The third-order valence-corrected chi connectivity index (χ3v) is 6.08. The van der Waals surface area contributed by atoms with Crippen LogP contribution >= 0.6 is 11.6 Å². The Morgan fingerprint density at radius 3 is 2.82 bits per heavy atom. The van der Waals surface area contributed by atoms with Gasteiger partial charge < -0.3 is 19.7 Å². The zero-order valence-corrected chi connectivity index (χ0v) is 18.3. The minimum absolute atomic E-state index is 0.0150. The van der Waals surface area contributed by atoms with Crippen molar-refractivity contribution >= 4 is 23.2 Å². The van der Waals surface area contributed by atoms with Crippen molar-refractivity contribution in [1.82, 2.24) is 14.9 Å². The molecule has 2 aromatic heterocycles. The van der Waals surface area contributed by atoms with E-state index in [4.69, 9.17) is 26.8 Å². The van der Waals surface area contributed by atoms with E-state index in [1.165, 1.54) is 18.3 Å². The molecule has 2 unspecified atom stereocenters. The molecule has 0 bridgehead atoms. The summed E-state index contributed by atoms with van der Waals surface area (Å²) in [5.74, 6) is -0.215. The number of amides is 1. The van der Waals surface area contributed by atoms with Gasteiger partial charge in [0, 0.05) is 42.3 Å². The lowest BCUT2D eigenvalue weighted by atomic mass is 9.92. The van der Waals surface area contributed by atoms with Gasteiger partial charge in [0.15, 0.2) is 0 Å². The van der Waals surface area contributed by atoms with Crippen molar-refractivity contribution in [3.63, 3.8) is 0 Å². The van der Waals surface area contributed by atoms with Crippen molar-refractivity contribution in [2.45, 2.75) is 11.8 Å². The molecule has 0 aliphatic carbocycles. The van der Waals surface area contributed by atoms with Crippen LogP contribution in [0.15, 0.2) is 55.0 Å². The van der Waals surface area contributed by atoms with Crippen LogP contribution in [0, 0.1) is 5.82 Å². The number of aromatic nitrogens is 2. The number of fused-ring (bicyclic) bond motifs is 1. The smallest absolute Gasteiger partial charge is 0.272 e. The van der Waals surface area contributed by atoms with Crippen LogP contribution in [0.3, 0.4) is 0 Å². The molecule has 3 aromatic rings. The highest BCUT2D eigenvalue weighted by molar-refractivity contribution is 6.31. The molecule has 1 amide bonds. The molecule has 1 aromatic carbocycles. The molecule has 4 heterocycles. The predicted octanol–water partition coefficient (Wildman–Crippen LogP) is 3.10. The molecule has 2 atom stereocenters. The van der Waals surface area contributed by atoms with E-state index in [9.17, 15) is 9.18 Å². The average Bonchev–Trinajstić information content (AvgIpc) is 3.14. The minimum atomic E-state index is -1.39. The summed E-state index contributed by atoms with van der Waals surface area (Å²) in [7, 11) is 0. The van der Waals surface area contributed by atoms with Crippen LogP contribution in [0.25, 0.3) is 0 Å². The number of pyridine rings is 2. The zero-order valence-electron chi connectivity index (χ0n) is 17.5. The molecule has 2 aliphatic heterocycles. The van der Waals surface area contributed by atoms with Gasteiger partial charge in [-0.2, -0.15) is 0 Å². The Bertz CT molecular complexity index is 1210. The normalized spacial score (nSPS) is 21.9. The first-order valence-corrected chi connectivity index (χ1v) is 10.8. The summed E-state index contributed by atoms with van der Waals surface area (Å²) in [6, 6.07) is 8.90. The first-order valence-electron chi connectivity index (χ1n) is 10.4. The third-order valence-electron chi connectivity index (χ3n) is 5.79. The lowest BCUT2D eigenvalue weighted by Gasteiger charge is -2.32. The maximum Gasteiger partial charge on any atom is 0.272 e. The van der Waals surface area contributed by atoms with Crippen molar-refractivity contribution in [1.29, 1.82) is 0 Å². The van der Waals surface area contributed by atoms with Crippen LogP contribution in [-0.2, 0) is 10.5 Å². The number of hydrogen-bond acceptors (Lipinski definition) is 7. The summed E-state index contributed by atoms with van der Waals surface area (Å²) >= 11 is 5.97. The Morgan fingerprint density at radius 1 is 1.21 bits per heavy atom. The van der Waals surface area contributed by atoms with Gasteiger partial charge in [0.2, 0.25) is 5.72 Å². The molecular weight excluding hydrogens is 449 g/mol. The Hall–Kier alpha value is -3.27. The molecule has 10 heteroatoms. The summed E-state index contributed by atoms with van der Waals surface area (Å²) in [6.45, 7) is 1.98. The van der Waals surface area contributed by atoms with Crippen LogP contribution in [-0.4, -0.2) is 47.1 Å². The maximum atomic E-state index is 13.7. The number of anilines is 1. The van der Waals surface area contributed by atoms with Crippen molar-refractivity contribution in [2.24, 2.45) is 5.73 Å². The van der Waals surface area contributed by atoms with Gasteiger partial charge in [-0.25, -0.2) is 4.39 Å². The summed E-state index contributed by atoms with van der Waals surface area (Å²) in [4.78, 5) is 23.1. The van der Waals surface area contributed by atoms with Crippen LogP contribution in [0.2, 0.25) is 5.02 Å². The molecule has 0 spiro atoms. The monoisotopic (exact) mass is 469 g/mol. The second-order valence-corrected chi connectivity index (χ2v) is 8.26. The Morgan fingerprint density at radius 2 is 2.03 bits per heavy atom. The number of carbonyl (C=O) groups is 1. The molecule has 33 heavy (non-hydrogen) atoms. The molecule has 1 saturated heterocycles. The van der Waals surface area contributed by atoms with Crippen molar-refractivity contribution in [3.05, 3.63) is 82.6 Å². The molecule has 0 radical (unpaired) electrons. The summed E-state index contributed by atoms with van der Waals surface area (Å²) in [6.07, 6.45) is 4.76. The number of nitrogens with zero attached hydrogens (tertiary/aromatic N) is 3. The fraction of sp³-hybridized carbons (Fsp3) is 0.261. The van der Waals surface area contributed by atoms with E-state index in [1.54, 1.807) is 41.6 Å². The first-order chi connectivity index (χ1) is 16.0. The van der Waals surface area contributed by atoms with Crippen LogP contribution in [0.1, 0.15) is 27.7 Å². The first kappa shape index (κ1) is 21.6. The molecule has 8 nitrogen and oxygen atoms in total. The number of halogens is 2. The van der Waals surface area contributed by atoms with Crippen LogP contribution in [0.5, 0.6) is 5.75 Å². The van der Waals surface area contributed by atoms with Gasteiger partial charge >= 0.3 is 0 Å². The second kappa shape index (κ2) is 8.58. The third kappa shape index (κ3) is 3.99. The van der Waals surface area contributed by atoms with E-state index in [-0.39, 0.29) is 16.6 Å². The van der Waals surface area contributed by atoms with Gasteiger partial charge in [-0.15, -0.1) is 0 Å². The Labute approximate surface area is 194 Å². The largest absolute Gasteiger partial charge is 0.464 e. The number of hydrogen-bond donors (Lipinski definition) is 2.